The molecule has 1 rings (SSSR count). The summed E-state index contributed by atoms with van der Waals surface area (Å²) < 4.78 is 25.5. The number of benzene rings is 1. The zero-order valence-electron chi connectivity index (χ0n) is 9.47. The Morgan fingerprint density at radius 2 is 2.06 bits per heavy atom. The fourth-order valence-corrected chi connectivity index (χ4v) is 1.50. The number of rotatable bonds is 6. The molecule has 0 aliphatic heterocycles. The van der Waals surface area contributed by atoms with Crippen LogP contribution in [0, 0.1) is 17.6 Å². The molecular formula is C12H18F2N2. The molecule has 1 unspecified atom stereocenters. The summed E-state index contributed by atoms with van der Waals surface area (Å²) in [5.74, 6) is -1.11. The second kappa shape index (κ2) is 6.55. The number of hydrogen-bond acceptors (Lipinski definition) is 2. The zero-order valence-corrected chi connectivity index (χ0v) is 9.47. The molecule has 16 heavy (non-hydrogen) atoms. The lowest BCUT2D eigenvalue weighted by Gasteiger charge is -2.11. The van der Waals surface area contributed by atoms with Crippen molar-refractivity contribution in [1.82, 2.24) is 5.32 Å². The highest BCUT2D eigenvalue weighted by atomic mass is 19.2. The Labute approximate surface area is 94.8 Å². The third-order valence-electron chi connectivity index (χ3n) is 2.47. The Bertz CT molecular complexity index is 329. The molecule has 0 aliphatic carbocycles. The van der Waals surface area contributed by atoms with Gasteiger partial charge in [0.2, 0.25) is 0 Å². The molecule has 0 heterocycles. The predicted octanol–water partition coefficient (Wildman–Crippen LogP) is 2.04. The van der Waals surface area contributed by atoms with Crippen LogP contribution in [-0.4, -0.2) is 13.1 Å². The maximum absolute atomic E-state index is 12.9. The summed E-state index contributed by atoms with van der Waals surface area (Å²) in [7, 11) is 0. The lowest BCUT2D eigenvalue weighted by molar-refractivity contribution is 0.482. The molecule has 90 valence electrons. The minimum absolute atomic E-state index is 0.496. The van der Waals surface area contributed by atoms with Crippen molar-refractivity contribution in [3.63, 3.8) is 0 Å². The first kappa shape index (κ1) is 13.1. The van der Waals surface area contributed by atoms with E-state index in [1.807, 2.05) is 0 Å². The van der Waals surface area contributed by atoms with Gasteiger partial charge in [0, 0.05) is 6.54 Å². The maximum atomic E-state index is 12.9. The normalized spacial score (nSPS) is 12.8. The topological polar surface area (TPSA) is 38.0 Å². The standard InChI is InChI=1S/C12H18F2N2/c1-9(4-5-15)7-16-8-10-2-3-11(13)12(14)6-10/h2-3,6,9,16H,4-5,7-8,15H2,1H3. The second-order valence-electron chi connectivity index (χ2n) is 4.06. The summed E-state index contributed by atoms with van der Waals surface area (Å²) in [6.45, 7) is 4.15. The van der Waals surface area contributed by atoms with Crippen LogP contribution in [0.5, 0.6) is 0 Å². The van der Waals surface area contributed by atoms with Crippen molar-refractivity contribution in [3.05, 3.63) is 35.4 Å². The van der Waals surface area contributed by atoms with Crippen molar-refractivity contribution in [2.45, 2.75) is 19.9 Å². The minimum atomic E-state index is -0.805. The Morgan fingerprint density at radius 1 is 1.31 bits per heavy atom. The van der Waals surface area contributed by atoms with E-state index in [0.717, 1.165) is 24.6 Å². The first-order chi connectivity index (χ1) is 7.63. The van der Waals surface area contributed by atoms with Gasteiger partial charge in [-0.25, -0.2) is 8.78 Å². The quantitative estimate of drug-likeness (QED) is 0.782. The summed E-state index contributed by atoms with van der Waals surface area (Å²) in [5.41, 5.74) is 6.18. The van der Waals surface area contributed by atoms with Gasteiger partial charge in [0.1, 0.15) is 0 Å². The highest BCUT2D eigenvalue weighted by Gasteiger charge is 2.03. The summed E-state index contributed by atoms with van der Waals surface area (Å²) >= 11 is 0. The Morgan fingerprint density at radius 3 is 2.69 bits per heavy atom. The highest BCUT2D eigenvalue weighted by Crippen LogP contribution is 2.08. The van der Waals surface area contributed by atoms with Gasteiger partial charge in [-0.05, 0) is 43.1 Å². The molecule has 1 aromatic carbocycles. The summed E-state index contributed by atoms with van der Waals surface area (Å²) in [4.78, 5) is 0. The van der Waals surface area contributed by atoms with Crippen molar-refractivity contribution in [3.8, 4) is 0 Å². The summed E-state index contributed by atoms with van der Waals surface area (Å²) in [6.07, 6.45) is 0.963. The molecule has 0 aromatic heterocycles. The lowest BCUT2D eigenvalue weighted by Crippen LogP contribution is -2.22. The van der Waals surface area contributed by atoms with Crippen LogP contribution in [0.4, 0.5) is 8.78 Å². The molecule has 4 heteroatoms. The largest absolute Gasteiger partial charge is 0.330 e. The molecule has 0 saturated carbocycles. The molecular weight excluding hydrogens is 210 g/mol. The molecule has 2 nitrogen and oxygen atoms in total. The first-order valence-electron chi connectivity index (χ1n) is 5.48. The van der Waals surface area contributed by atoms with Gasteiger partial charge in [0.25, 0.3) is 0 Å². The van der Waals surface area contributed by atoms with Gasteiger partial charge in [-0.2, -0.15) is 0 Å². The van der Waals surface area contributed by atoms with Gasteiger partial charge >= 0.3 is 0 Å². The van der Waals surface area contributed by atoms with E-state index < -0.39 is 11.6 Å². The van der Waals surface area contributed by atoms with Crippen molar-refractivity contribution in [2.75, 3.05) is 13.1 Å². The van der Waals surface area contributed by atoms with Crippen molar-refractivity contribution in [1.29, 1.82) is 0 Å². The fourth-order valence-electron chi connectivity index (χ4n) is 1.50. The zero-order chi connectivity index (χ0) is 12.0. The van der Waals surface area contributed by atoms with Gasteiger partial charge < -0.3 is 11.1 Å². The van der Waals surface area contributed by atoms with Crippen LogP contribution in [0.3, 0.4) is 0 Å². The van der Waals surface area contributed by atoms with Crippen LogP contribution in [0.15, 0.2) is 18.2 Å². The Kier molecular flexibility index (Phi) is 5.35. The fraction of sp³-hybridized carbons (Fsp3) is 0.500. The van der Waals surface area contributed by atoms with Gasteiger partial charge in [0.05, 0.1) is 0 Å². The summed E-state index contributed by atoms with van der Waals surface area (Å²) in [6, 6.07) is 3.95. The third-order valence-corrected chi connectivity index (χ3v) is 2.47. The van der Waals surface area contributed by atoms with E-state index in [0.29, 0.717) is 19.0 Å². The van der Waals surface area contributed by atoms with Crippen LogP contribution >= 0.6 is 0 Å². The van der Waals surface area contributed by atoms with E-state index >= 15 is 0 Å². The number of halogens is 2. The smallest absolute Gasteiger partial charge is 0.159 e. The first-order valence-corrected chi connectivity index (χ1v) is 5.48. The highest BCUT2D eigenvalue weighted by molar-refractivity contribution is 5.17. The third kappa shape index (κ3) is 4.24. The molecule has 0 fully saturated rings. The number of hydrogen-bond donors (Lipinski definition) is 2. The second-order valence-corrected chi connectivity index (χ2v) is 4.06. The van der Waals surface area contributed by atoms with Crippen LogP contribution in [0.25, 0.3) is 0 Å². The summed E-state index contributed by atoms with van der Waals surface area (Å²) in [5, 5.41) is 3.19. The Balaban J connectivity index is 2.34. The molecule has 0 bridgehead atoms. The Hall–Kier alpha value is -1.00. The van der Waals surface area contributed by atoms with Crippen LogP contribution in [0.2, 0.25) is 0 Å². The van der Waals surface area contributed by atoms with Crippen molar-refractivity contribution >= 4 is 0 Å². The van der Waals surface area contributed by atoms with Crippen molar-refractivity contribution < 1.29 is 8.78 Å². The van der Waals surface area contributed by atoms with E-state index in [9.17, 15) is 8.78 Å². The van der Waals surface area contributed by atoms with E-state index in [1.54, 1.807) is 6.07 Å². The van der Waals surface area contributed by atoms with Crippen LogP contribution in [0.1, 0.15) is 18.9 Å². The molecule has 3 N–H and O–H groups in total. The monoisotopic (exact) mass is 228 g/mol. The maximum Gasteiger partial charge on any atom is 0.159 e. The van der Waals surface area contributed by atoms with E-state index in [1.165, 1.54) is 6.07 Å². The molecule has 1 atom stereocenters. The molecule has 0 amide bonds. The molecule has 1 aromatic rings. The van der Waals surface area contributed by atoms with Crippen LogP contribution in [-0.2, 0) is 6.54 Å². The number of nitrogens with one attached hydrogen (secondary N) is 1. The lowest BCUT2D eigenvalue weighted by atomic mass is 10.1. The van der Waals surface area contributed by atoms with Crippen molar-refractivity contribution in [2.24, 2.45) is 11.7 Å². The molecule has 0 spiro atoms. The number of nitrogens with two attached hydrogens (primary N) is 1. The van der Waals surface area contributed by atoms with Gasteiger partial charge in [-0.15, -0.1) is 0 Å². The van der Waals surface area contributed by atoms with Gasteiger partial charge in [0.15, 0.2) is 11.6 Å². The minimum Gasteiger partial charge on any atom is -0.330 e. The van der Waals surface area contributed by atoms with Gasteiger partial charge in [-0.1, -0.05) is 13.0 Å². The molecule has 0 saturated heterocycles. The van der Waals surface area contributed by atoms with E-state index in [-0.39, 0.29) is 0 Å². The average Bonchev–Trinajstić information content (AvgIpc) is 2.24. The predicted molar refractivity (Wildman–Crippen MR) is 60.9 cm³/mol. The van der Waals surface area contributed by atoms with E-state index in [4.69, 9.17) is 5.73 Å². The molecule has 0 aliphatic rings. The molecule has 0 radical (unpaired) electrons. The van der Waals surface area contributed by atoms with Gasteiger partial charge in [-0.3, -0.25) is 0 Å². The SMILES string of the molecule is CC(CCN)CNCc1ccc(F)c(F)c1. The van der Waals surface area contributed by atoms with E-state index in [2.05, 4.69) is 12.2 Å². The average molecular weight is 228 g/mol. The van der Waals surface area contributed by atoms with Crippen LogP contribution < -0.4 is 11.1 Å².